The maximum atomic E-state index is 12.0. The van der Waals surface area contributed by atoms with E-state index in [1.807, 2.05) is 0 Å². The van der Waals surface area contributed by atoms with Crippen LogP contribution >= 0.6 is 0 Å². The lowest BCUT2D eigenvalue weighted by atomic mass is 10.1. The van der Waals surface area contributed by atoms with Gasteiger partial charge in [-0.2, -0.15) is 0 Å². The second kappa shape index (κ2) is 7.08. The number of benzene rings is 2. The summed E-state index contributed by atoms with van der Waals surface area (Å²) >= 11 is 0. The molecule has 0 aliphatic carbocycles. The molecule has 2 aromatic rings. The molecule has 0 heterocycles. The summed E-state index contributed by atoms with van der Waals surface area (Å²) in [7, 11) is 0. The van der Waals surface area contributed by atoms with Gasteiger partial charge in [0.05, 0.1) is 11.3 Å². The maximum Gasteiger partial charge on any atom is 0.323 e. The van der Waals surface area contributed by atoms with E-state index in [4.69, 9.17) is 5.73 Å². The van der Waals surface area contributed by atoms with Crippen molar-refractivity contribution in [1.82, 2.24) is 0 Å². The summed E-state index contributed by atoms with van der Waals surface area (Å²) in [4.78, 5) is 34.4. The largest absolute Gasteiger partial charge is 0.366 e. The molecule has 0 unspecified atom stereocenters. The standard InChI is InChI=1S/C16H16N4O3/c1-10(21)18-11-5-4-6-12(9-11)19-16(23)20-14-8-3-2-7-13(14)15(17)22/h2-9H,1H3,(H2,17,22)(H,18,21)(H2,19,20,23). The molecule has 0 aliphatic heterocycles. The molecule has 2 aromatic carbocycles. The molecule has 7 nitrogen and oxygen atoms in total. The number of anilines is 3. The van der Waals surface area contributed by atoms with Gasteiger partial charge in [-0.25, -0.2) is 4.79 Å². The van der Waals surface area contributed by atoms with Crippen molar-refractivity contribution in [1.29, 1.82) is 0 Å². The van der Waals surface area contributed by atoms with Crippen LogP contribution in [0.1, 0.15) is 17.3 Å². The lowest BCUT2D eigenvalue weighted by molar-refractivity contribution is -0.114. The number of nitrogens with two attached hydrogens (primary N) is 1. The molecule has 23 heavy (non-hydrogen) atoms. The van der Waals surface area contributed by atoms with Crippen molar-refractivity contribution in [3.8, 4) is 0 Å². The van der Waals surface area contributed by atoms with Crippen LogP contribution in [-0.4, -0.2) is 17.8 Å². The topological polar surface area (TPSA) is 113 Å². The Balaban J connectivity index is 2.08. The van der Waals surface area contributed by atoms with Crippen LogP contribution in [0.15, 0.2) is 48.5 Å². The third-order valence-electron chi connectivity index (χ3n) is 2.88. The Morgan fingerprint density at radius 1 is 0.870 bits per heavy atom. The number of hydrogen-bond acceptors (Lipinski definition) is 3. The number of carbonyl (C=O) groups is 3. The lowest BCUT2D eigenvalue weighted by Gasteiger charge is -2.11. The predicted octanol–water partition coefficient (Wildman–Crippen LogP) is 2.39. The molecule has 0 saturated carbocycles. The Bertz CT molecular complexity index is 758. The number of carbonyl (C=O) groups excluding carboxylic acids is 3. The number of nitrogens with one attached hydrogen (secondary N) is 3. The van der Waals surface area contributed by atoms with Gasteiger partial charge in [0.15, 0.2) is 0 Å². The molecule has 0 saturated heterocycles. The van der Waals surface area contributed by atoms with E-state index >= 15 is 0 Å². The number of amides is 4. The SMILES string of the molecule is CC(=O)Nc1cccc(NC(=O)Nc2ccccc2C(N)=O)c1. The molecular weight excluding hydrogens is 296 g/mol. The molecule has 2 rings (SSSR count). The summed E-state index contributed by atoms with van der Waals surface area (Å²) in [5.74, 6) is -0.837. The zero-order valence-electron chi connectivity index (χ0n) is 12.4. The monoisotopic (exact) mass is 312 g/mol. The van der Waals surface area contributed by atoms with Crippen molar-refractivity contribution in [3.63, 3.8) is 0 Å². The highest BCUT2D eigenvalue weighted by Crippen LogP contribution is 2.17. The van der Waals surface area contributed by atoms with E-state index in [2.05, 4.69) is 16.0 Å². The van der Waals surface area contributed by atoms with Crippen molar-refractivity contribution in [2.45, 2.75) is 6.92 Å². The molecule has 118 valence electrons. The molecule has 4 amide bonds. The van der Waals surface area contributed by atoms with Crippen molar-refractivity contribution in [2.75, 3.05) is 16.0 Å². The van der Waals surface area contributed by atoms with E-state index in [-0.39, 0.29) is 11.5 Å². The van der Waals surface area contributed by atoms with Gasteiger partial charge in [0.2, 0.25) is 5.91 Å². The van der Waals surface area contributed by atoms with Gasteiger partial charge in [0.1, 0.15) is 0 Å². The van der Waals surface area contributed by atoms with Gasteiger partial charge in [0.25, 0.3) is 5.91 Å². The van der Waals surface area contributed by atoms with Crippen molar-refractivity contribution < 1.29 is 14.4 Å². The summed E-state index contributed by atoms with van der Waals surface area (Å²) < 4.78 is 0. The number of primary amides is 1. The minimum atomic E-state index is -0.631. The highest BCUT2D eigenvalue weighted by atomic mass is 16.2. The summed E-state index contributed by atoms with van der Waals surface area (Å²) in [5, 5.41) is 7.80. The second-order valence-electron chi connectivity index (χ2n) is 4.75. The summed E-state index contributed by atoms with van der Waals surface area (Å²) in [5.41, 5.74) is 6.84. The first-order valence-corrected chi connectivity index (χ1v) is 6.80. The highest BCUT2D eigenvalue weighted by Gasteiger charge is 2.10. The minimum absolute atomic E-state index is 0.206. The Morgan fingerprint density at radius 2 is 1.52 bits per heavy atom. The number of hydrogen-bond donors (Lipinski definition) is 4. The number of urea groups is 1. The first kappa shape index (κ1) is 16.0. The van der Waals surface area contributed by atoms with Gasteiger partial charge < -0.3 is 21.7 Å². The maximum absolute atomic E-state index is 12.0. The van der Waals surface area contributed by atoms with Gasteiger partial charge in [-0.3, -0.25) is 9.59 Å². The molecule has 0 bridgehead atoms. The number of para-hydroxylation sites is 1. The van der Waals surface area contributed by atoms with Gasteiger partial charge in [-0.1, -0.05) is 18.2 Å². The third kappa shape index (κ3) is 4.57. The molecule has 0 aliphatic rings. The zero-order chi connectivity index (χ0) is 16.8. The zero-order valence-corrected chi connectivity index (χ0v) is 12.4. The van der Waals surface area contributed by atoms with Crippen molar-refractivity contribution in [2.24, 2.45) is 5.73 Å². The summed E-state index contributed by atoms with van der Waals surface area (Å²) in [6, 6.07) is 12.6. The molecule has 5 N–H and O–H groups in total. The van der Waals surface area contributed by atoms with Gasteiger partial charge in [-0.15, -0.1) is 0 Å². The smallest absolute Gasteiger partial charge is 0.323 e. The average Bonchev–Trinajstić information content (AvgIpc) is 2.47. The van der Waals surface area contributed by atoms with E-state index in [0.717, 1.165) is 0 Å². The van der Waals surface area contributed by atoms with Gasteiger partial charge >= 0.3 is 6.03 Å². The molecule has 0 atom stereocenters. The predicted molar refractivity (Wildman–Crippen MR) is 88.3 cm³/mol. The molecular formula is C16H16N4O3. The van der Waals surface area contributed by atoms with E-state index in [1.165, 1.54) is 13.0 Å². The van der Waals surface area contributed by atoms with E-state index < -0.39 is 11.9 Å². The molecule has 0 fully saturated rings. The quantitative estimate of drug-likeness (QED) is 0.695. The summed E-state index contributed by atoms with van der Waals surface area (Å²) in [6.45, 7) is 1.40. The van der Waals surface area contributed by atoms with Gasteiger partial charge in [0, 0.05) is 18.3 Å². The molecule has 7 heteroatoms. The van der Waals surface area contributed by atoms with Crippen LogP contribution in [0.3, 0.4) is 0 Å². The third-order valence-corrected chi connectivity index (χ3v) is 2.88. The molecule has 0 spiro atoms. The fourth-order valence-corrected chi connectivity index (χ4v) is 1.97. The van der Waals surface area contributed by atoms with Crippen LogP contribution in [0.2, 0.25) is 0 Å². The van der Waals surface area contributed by atoms with E-state index in [9.17, 15) is 14.4 Å². The van der Waals surface area contributed by atoms with Crippen LogP contribution in [0.25, 0.3) is 0 Å². The Morgan fingerprint density at radius 3 is 2.17 bits per heavy atom. The van der Waals surface area contributed by atoms with Crippen LogP contribution in [0.5, 0.6) is 0 Å². The fourth-order valence-electron chi connectivity index (χ4n) is 1.97. The fraction of sp³-hybridized carbons (Fsp3) is 0.0625. The number of rotatable bonds is 4. The minimum Gasteiger partial charge on any atom is -0.366 e. The second-order valence-corrected chi connectivity index (χ2v) is 4.75. The Labute approximate surface area is 132 Å². The van der Waals surface area contributed by atoms with Crippen LogP contribution < -0.4 is 21.7 Å². The van der Waals surface area contributed by atoms with Crippen molar-refractivity contribution >= 4 is 34.9 Å². The highest BCUT2D eigenvalue weighted by molar-refractivity contribution is 6.06. The van der Waals surface area contributed by atoms with Crippen molar-refractivity contribution in [3.05, 3.63) is 54.1 Å². The first-order chi connectivity index (χ1) is 11.0. The van der Waals surface area contributed by atoms with E-state index in [0.29, 0.717) is 17.1 Å². The first-order valence-electron chi connectivity index (χ1n) is 6.80. The Hall–Kier alpha value is -3.35. The Kier molecular flexibility index (Phi) is 4.93. The van der Waals surface area contributed by atoms with E-state index in [1.54, 1.807) is 42.5 Å². The molecule has 0 radical (unpaired) electrons. The average molecular weight is 312 g/mol. The normalized spacial score (nSPS) is 9.78. The van der Waals surface area contributed by atoms with Crippen LogP contribution in [0.4, 0.5) is 21.9 Å². The molecule has 0 aromatic heterocycles. The van der Waals surface area contributed by atoms with Crippen LogP contribution in [0, 0.1) is 0 Å². The van der Waals surface area contributed by atoms with Crippen LogP contribution in [-0.2, 0) is 4.79 Å². The summed E-state index contributed by atoms with van der Waals surface area (Å²) in [6.07, 6.45) is 0. The lowest BCUT2D eigenvalue weighted by Crippen LogP contribution is -2.22. The van der Waals surface area contributed by atoms with Gasteiger partial charge in [-0.05, 0) is 30.3 Å².